The number of aliphatic hydroxyl groups excluding tert-OH is 1. The average molecular weight is 377 g/mol. The summed E-state index contributed by atoms with van der Waals surface area (Å²) in [6, 6.07) is 2.06. The van der Waals surface area contributed by atoms with E-state index in [1.54, 1.807) is 0 Å². The highest BCUT2D eigenvalue weighted by molar-refractivity contribution is 5.64. The van der Waals surface area contributed by atoms with Gasteiger partial charge < -0.3 is 15.6 Å². The number of hydrogen-bond donors (Lipinski definition) is 3. The molecule has 0 spiro atoms. The van der Waals surface area contributed by atoms with Crippen molar-refractivity contribution < 1.29 is 14.6 Å². The molecule has 4 aliphatic carbocycles. The summed E-state index contributed by atoms with van der Waals surface area (Å²) < 4.78 is 6.95. The fourth-order valence-electron chi connectivity index (χ4n) is 7.70. The number of carbonyl (C=O) groups excluding carboxylic acids is 1. The lowest BCUT2D eigenvalue weighted by atomic mass is 9.38. The van der Waals surface area contributed by atoms with E-state index < -0.39 is 12.3 Å². The first-order valence-corrected chi connectivity index (χ1v) is 9.91. The summed E-state index contributed by atoms with van der Waals surface area (Å²) in [5.41, 5.74) is 6.77. The maximum absolute atomic E-state index is 10.9. The summed E-state index contributed by atoms with van der Waals surface area (Å²) in [7, 11) is 0. The van der Waals surface area contributed by atoms with Crippen LogP contribution in [0.4, 0.5) is 4.79 Å². The second-order valence-corrected chi connectivity index (χ2v) is 10.4. The molecular formula is C20H32N4O3. The molecule has 1 heterocycles. The van der Waals surface area contributed by atoms with Crippen LogP contribution < -0.4 is 11.1 Å². The Morgan fingerprint density at radius 3 is 2.52 bits per heavy atom. The van der Waals surface area contributed by atoms with E-state index in [1.165, 1.54) is 25.0 Å². The number of aromatic nitrogens is 2. The lowest BCUT2D eigenvalue weighted by molar-refractivity contribution is -0.181. The molecule has 4 aliphatic rings. The van der Waals surface area contributed by atoms with Crippen molar-refractivity contribution in [1.29, 1.82) is 0 Å². The van der Waals surface area contributed by atoms with Crippen LogP contribution in [0.1, 0.15) is 58.1 Å². The lowest BCUT2D eigenvalue weighted by Gasteiger charge is -2.70. The van der Waals surface area contributed by atoms with Gasteiger partial charge in [-0.3, -0.25) is 10.00 Å². The van der Waals surface area contributed by atoms with E-state index in [0.29, 0.717) is 0 Å². The summed E-state index contributed by atoms with van der Waals surface area (Å²) in [6.45, 7) is 7.71. The Morgan fingerprint density at radius 1 is 1.30 bits per heavy atom. The van der Waals surface area contributed by atoms with Gasteiger partial charge in [0.05, 0.1) is 0 Å². The van der Waals surface area contributed by atoms with Crippen molar-refractivity contribution in [3.8, 4) is 0 Å². The predicted molar refractivity (Wildman–Crippen MR) is 101 cm³/mol. The molecule has 0 radical (unpaired) electrons. The van der Waals surface area contributed by atoms with E-state index in [9.17, 15) is 9.90 Å². The number of primary amides is 1. The van der Waals surface area contributed by atoms with Gasteiger partial charge in [0.2, 0.25) is 0 Å². The molecule has 3 atom stereocenters. The van der Waals surface area contributed by atoms with Crippen molar-refractivity contribution in [2.75, 3.05) is 6.61 Å². The first-order chi connectivity index (χ1) is 12.5. The number of aliphatic hydroxyl groups is 1. The van der Waals surface area contributed by atoms with Crippen molar-refractivity contribution in [3.05, 3.63) is 18.0 Å². The van der Waals surface area contributed by atoms with Crippen LogP contribution in [0.5, 0.6) is 0 Å². The van der Waals surface area contributed by atoms with Crippen LogP contribution in [0.3, 0.4) is 0 Å². The average Bonchev–Trinajstić information content (AvgIpc) is 2.85. The van der Waals surface area contributed by atoms with Gasteiger partial charge in [0, 0.05) is 24.0 Å². The minimum atomic E-state index is -0.899. The number of hydrogen-bond acceptors (Lipinski definition) is 5. The van der Waals surface area contributed by atoms with Gasteiger partial charge in [-0.1, -0.05) is 13.8 Å². The van der Waals surface area contributed by atoms with Gasteiger partial charge in [-0.2, -0.15) is 5.10 Å². The molecule has 1 amide bonds. The van der Waals surface area contributed by atoms with E-state index in [0.717, 1.165) is 25.8 Å². The summed E-state index contributed by atoms with van der Waals surface area (Å²) in [4.78, 5) is 10.9. The van der Waals surface area contributed by atoms with E-state index in [-0.39, 0.29) is 28.4 Å². The zero-order chi connectivity index (χ0) is 19.5. The molecule has 27 heavy (non-hydrogen) atoms. The van der Waals surface area contributed by atoms with Crippen LogP contribution in [0.25, 0.3) is 0 Å². The van der Waals surface area contributed by atoms with E-state index in [1.807, 2.05) is 6.20 Å². The number of ether oxygens (including phenoxy) is 1. The fourth-order valence-corrected chi connectivity index (χ4v) is 7.70. The second-order valence-electron chi connectivity index (χ2n) is 10.4. The third-order valence-corrected chi connectivity index (χ3v) is 6.97. The SMILES string of the molecule is Cc1ccnn1CC12CC3(C)CC(C)(C1)CC(NC(O)COC(N)=O)(C3)C2. The molecule has 0 aromatic carbocycles. The summed E-state index contributed by atoms with van der Waals surface area (Å²) in [5.74, 6) is 0. The van der Waals surface area contributed by atoms with Gasteiger partial charge in [-0.05, 0) is 67.8 Å². The molecule has 0 aliphatic heterocycles. The standard InChI is InChI=1S/C20H32N4O3/c1-14-4-5-22-24(14)13-19-8-17(2)7-18(3,9-19)11-20(10-17,12-19)23-15(25)6-27-16(21)26/h4-5,15,23,25H,6-13H2,1-3H3,(H2,21,26). The molecule has 4 fully saturated rings. The predicted octanol–water partition coefficient (Wildman–Crippen LogP) is 2.31. The third-order valence-electron chi connectivity index (χ3n) is 6.97. The number of rotatable bonds is 6. The Labute approximate surface area is 160 Å². The molecule has 4 N–H and O–H groups in total. The second kappa shape index (κ2) is 5.95. The molecule has 4 saturated carbocycles. The van der Waals surface area contributed by atoms with Crippen LogP contribution in [0.15, 0.2) is 12.3 Å². The Morgan fingerprint density at radius 2 is 1.96 bits per heavy atom. The van der Waals surface area contributed by atoms with Crippen LogP contribution in [0, 0.1) is 23.2 Å². The van der Waals surface area contributed by atoms with Gasteiger partial charge in [0.1, 0.15) is 12.8 Å². The maximum atomic E-state index is 10.9. The summed E-state index contributed by atoms with van der Waals surface area (Å²) in [6.07, 6.45) is 6.85. The van der Waals surface area contributed by atoms with E-state index >= 15 is 0 Å². The van der Waals surface area contributed by atoms with Crippen LogP contribution >= 0.6 is 0 Å². The highest BCUT2D eigenvalue weighted by Gasteiger charge is 2.65. The minimum absolute atomic E-state index is 0.115. The maximum Gasteiger partial charge on any atom is 0.404 e. The Kier molecular flexibility index (Phi) is 4.13. The zero-order valence-corrected chi connectivity index (χ0v) is 16.6. The molecule has 3 unspecified atom stereocenters. The smallest absolute Gasteiger partial charge is 0.404 e. The third kappa shape index (κ3) is 3.47. The summed E-state index contributed by atoms with van der Waals surface area (Å²) in [5, 5.41) is 18.4. The fraction of sp³-hybridized carbons (Fsp3) is 0.800. The molecule has 150 valence electrons. The van der Waals surface area contributed by atoms with Crippen molar-refractivity contribution in [3.63, 3.8) is 0 Å². The Bertz CT molecular complexity index is 727. The number of amides is 1. The van der Waals surface area contributed by atoms with Gasteiger partial charge in [-0.15, -0.1) is 0 Å². The molecule has 7 heteroatoms. The van der Waals surface area contributed by atoms with E-state index in [2.05, 4.69) is 41.9 Å². The van der Waals surface area contributed by atoms with Crippen molar-refractivity contribution >= 4 is 6.09 Å². The van der Waals surface area contributed by atoms with Crippen LogP contribution in [-0.4, -0.2) is 39.4 Å². The first kappa shape index (κ1) is 18.7. The molecule has 7 nitrogen and oxygen atoms in total. The first-order valence-electron chi connectivity index (χ1n) is 9.91. The normalized spacial score (nSPS) is 40.9. The Balaban J connectivity index is 1.60. The van der Waals surface area contributed by atoms with Crippen LogP contribution in [0.2, 0.25) is 0 Å². The lowest BCUT2D eigenvalue weighted by Crippen LogP contribution is -2.69. The quantitative estimate of drug-likeness (QED) is 0.661. The summed E-state index contributed by atoms with van der Waals surface area (Å²) >= 11 is 0. The zero-order valence-electron chi connectivity index (χ0n) is 16.6. The largest absolute Gasteiger partial charge is 0.445 e. The highest BCUT2D eigenvalue weighted by atomic mass is 16.6. The van der Waals surface area contributed by atoms with Crippen molar-refractivity contribution in [1.82, 2.24) is 15.1 Å². The topological polar surface area (TPSA) is 102 Å². The molecule has 0 saturated heterocycles. The van der Waals surface area contributed by atoms with E-state index in [4.69, 9.17) is 10.5 Å². The number of nitrogens with two attached hydrogens (primary N) is 1. The van der Waals surface area contributed by atoms with Gasteiger partial charge in [-0.25, -0.2) is 4.79 Å². The molecule has 4 bridgehead atoms. The highest BCUT2D eigenvalue weighted by Crippen LogP contribution is 2.71. The molecule has 1 aromatic rings. The molecule has 5 rings (SSSR count). The van der Waals surface area contributed by atoms with Gasteiger partial charge >= 0.3 is 6.09 Å². The van der Waals surface area contributed by atoms with Crippen LogP contribution in [-0.2, 0) is 11.3 Å². The van der Waals surface area contributed by atoms with Gasteiger partial charge in [0.15, 0.2) is 0 Å². The number of nitrogens with one attached hydrogen (secondary N) is 1. The minimum Gasteiger partial charge on any atom is -0.445 e. The van der Waals surface area contributed by atoms with Crippen molar-refractivity contribution in [2.24, 2.45) is 22.0 Å². The number of nitrogens with zero attached hydrogens (tertiary/aromatic N) is 2. The number of carbonyl (C=O) groups is 1. The monoisotopic (exact) mass is 376 g/mol. The molecular weight excluding hydrogens is 344 g/mol. The van der Waals surface area contributed by atoms with Gasteiger partial charge in [0.25, 0.3) is 0 Å². The molecule has 1 aromatic heterocycles. The Hall–Kier alpha value is -1.60. The van der Waals surface area contributed by atoms with Crippen molar-refractivity contribution in [2.45, 2.75) is 77.6 Å². The number of aryl methyl sites for hydroxylation is 1.